The summed E-state index contributed by atoms with van der Waals surface area (Å²) in [6, 6.07) is 0. The minimum atomic E-state index is 0.554. The Morgan fingerprint density at radius 3 is 2.07 bits per heavy atom. The van der Waals surface area contributed by atoms with Gasteiger partial charge < -0.3 is 0 Å². The van der Waals surface area contributed by atoms with Crippen molar-refractivity contribution in [3.63, 3.8) is 0 Å². The Morgan fingerprint density at radius 1 is 1.21 bits per heavy atom. The van der Waals surface area contributed by atoms with Gasteiger partial charge in [-0.1, -0.05) is 32.9 Å². The minimum absolute atomic E-state index is 0.554. The predicted molar refractivity (Wildman–Crippen MR) is 65.8 cm³/mol. The van der Waals surface area contributed by atoms with Gasteiger partial charge in [-0.05, 0) is 38.7 Å². The van der Waals surface area contributed by atoms with Crippen LogP contribution in [0.5, 0.6) is 0 Å². The molecule has 80 valence electrons. The zero-order chi connectivity index (χ0) is 11.1. The maximum Gasteiger partial charge on any atom is 0.0407 e. The zero-order valence-electron chi connectivity index (χ0n) is 10.4. The number of nitrogens with zero attached hydrogens (tertiary/aromatic N) is 1. The highest BCUT2D eigenvalue weighted by molar-refractivity contribution is 5.99. The Labute approximate surface area is 88.6 Å². The van der Waals surface area contributed by atoms with Gasteiger partial charge in [0.2, 0.25) is 0 Å². The molecule has 0 aromatic rings. The summed E-state index contributed by atoms with van der Waals surface area (Å²) in [5.74, 6) is 0.554. The molecule has 0 saturated carbocycles. The largest absolute Gasteiger partial charge is 0.258 e. The molecular formula is C13H23N. The molecule has 0 saturated heterocycles. The summed E-state index contributed by atoms with van der Waals surface area (Å²) >= 11 is 0. The molecule has 0 unspecified atom stereocenters. The normalized spacial score (nSPS) is 15.2. The highest BCUT2D eigenvalue weighted by atomic mass is 14.8. The molecule has 1 nitrogen and oxygen atoms in total. The van der Waals surface area contributed by atoms with Gasteiger partial charge in [-0.25, -0.2) is 0 Å². The van der Waals surface area contributed by atoms with Crippen LogP contribution in [-0.4, -0.2) is 5.71 Å². The molecule has 0 aliphatic heterocycles. The van der Waals surface area contributed by atoms with Crippen LogP contribution in [-0.2, 0) is 0 Å². The van der Waals surface area contributed by atoms with E-state index in [0.717, 1.165) is 12.1 Å². The Morgan fingerprint density at radius 2 is 1.79 bits per heavy atom. The Balaban J connectivity index is 4.83. The molecule has 0 fully saturated rings. The third-order valence-electron chi connectivity index (χ3n) is 2.36. The molecule has 0 amide bonds. The van der Waals surface area contributed by atoms with Crippen LogP contribution in [0, 0.1) is 5.92 Å². The predicted octanol–water partition coefficient (Wildman–Crippen LogP) is 4.36. The molecule has 0 heterocycles. The third-order valence-corrected chi connectivity index (χ3v) is 2.36. The van der Waals surface area contributed by atoms with E-state index in [1.54, 1.807) is 0 Å². The summed E-state index contributed by atoms with van der Waals surface area (Å²) in [4.78, 5) is 4.62. The van der Waals surface area contributed by atoms with Gasteiger partial charge in [-0.3, -0.25) is 4.99 Å². The molecule has 0 aliphatic carbocycles. The van der Waals surface area contributed by atoms with E-state index in [0.29, 0.717) is 5.92 Å². The Kier molecular flexibility index (Phi) is 6.18. The molecule has 0 N–H and O–H groups in total. The number of aliphatic imine (C=N–C) groups is 1. The summed E-state index contributed by atoms with van der Waals surface area (Å²) in [5.41, 5.74) is 3.66. The SMILES string of the molecule is C\C=C(CC)/N=C(C)/C(=C\C)C(C)C. The maximum atomic E-state index is 4.62. The van der Waals surface area contributed by atoms with E-state index in [9.17, 15) is 0 Å². The highest BCUT2D eigenvalue weighted by Crippen LogP contribution is 2.14. The van der Waals surface area contributed by atoms with Gasteiger partial charge in [0.1, 0.15) is 0 Å². The summed E-state index contributed by atoms with van der Waals surface area (Å²) in [7, 11) is 0. The lowest BCUT2D eigenvalue weighted by molar-refractivity contribution is 0.799. The van der Waals surface area contributed by atoms with Crippen LogP contribution >= 0.6 is 0 Å². The first-order chi connectivity index (χ1) is 6.56. The summed E-state index contributed by atoms with van der Waals surface area (Å²) in [5, 5.41) is 0. The molecule has 0 spiro atoms. The maximum absolute atomic E-state index is 4.62. The molecule has 0 radical (unpaired) electrons. The van der Waals surface area contributed by atoms with Crippen LogP contribution in [0.15, 0.2) is 28.4 Å². The second kappa shape index (κ2) is 6.58. The van der Waals surface area contributed by atoms with Crippen LogP contribution in [0.4, 0.5) is 0 Å². The van der Waals surface area contributed by atoms with Gasteiger partial charge in [-0.15, -0.1) is 0 Å². The molecule has 0 aromatic heterocycles. The van der Waals surface area contributed by atoms with E-state index in [-0.39, 0.29) is 0 Å². The van der Waals surface area contributed by atoms with E-state index in [4.69, 9.17) is 0 Å². The number of hydrogen-bond donors (Lipinski definition) is 0. The number of rotatable bonds is 4. The molecular weight excluding hydrogens is 170 g/mol. The van der Waals surface area contributed by atoms with Crippen molar-refractivity contribution in [3.8, 4) is 0 Å². The van der Waals surface area contributed by atoms with Gasteiger partial charge in [-0.2, -0.15) is 0 Å². The fourth-order valence-corrected chi connectivity index (χ4v) is 1.59. The monoisotopic (exact) mass is 193 g/mol. The van der Waals surface area contributed by atoms with Crippen LogP contribution in [0.1, 0.15) is 48.0 Å². The summed E-state index contributed by atoms with van der Waals surface area (Å²) < 4.78 is 0. The molecule has 1 heteroatoms. The highest BCUT2D eigenvalue weighted by Gasteiger charge is 2.05. The van der Waals surface area contributed by atoms with Crippen LogP contribution in [0.3, 0.4) is 0 Å². The molecule has 0 rings (SSSR count). The van der Waals surface area contributed by atoms with Crippen LogP contribution in [0.25, 0.3) is 0 Å². The quantitative estimate of drug-likeness (QED) is 0.588. The van der Waals surface area contributed by atoms with E-state index < -0.39 is 0 Å². The van der Waals surface area contributed by atoms with Gasteiger partial charge >= 0.3 is 0 Å². The first-order valence-corrected chi connectivity index (χ1v) is 5.43. The van der Waals surface area contributed by atoms with Crippen molar-refractivity contribution in [1.82, 2.24) is 0 Å². The standard InChI is InChI=1S/C13H23N/c1-7-12(8-2)14-11(6)13(9-3)10(4)5/h7,9-10H,8H2,1-6H3/b12-7-,13-9-,14-11+. The Hall–Kier alpha value is -0.850. The number of allylic oxidation sites excluding steroid dienone is 4. The van der Waals surface area contributed by atoms with Gasteiger partial charge in [0.25, 0.3) is 0 Å². The molecule has 14 heavy (non-hydrogen) atoms. The minimum Gasteiger partial charge on any atom is -0.258 e. The van der Waals surface area contributed by atoms with E-state index in [2.05, 4.69) is 51.8 Å². The first-order valence-electron chi connectivity index (χ1n) is 5.43. The van der Waals surface area contributed by atoms with Crippen molar-refractivity contribution >= 4 is 5.71 Å². The van der Waals surface area contributed by atoms with Gasteiger partial charge in [0.05, 0.1) is 0 Å². The van der Waals surface area contributed by atoms with E-state index in [1.807, 2.05) is 6.92 Å². The van der Waals surface area contributed by atoms with Gasteiger partial charge in [0, 0.05) is 11.4 Å². The lowest BCUT2D eigenvalue weighted by Crippen LogP contribution is -2.04. The van der Waals surface area contributed by atoms with Crippen molar-refractivity contribution in [2.45, 2.75) is 48.0 Å². The lowest BCUT2D eigenvalue weighted by Gasteiger charge is -2.11. The third kappa shape index (κ3) is 3.91. The van der Waals surface area contributed by atoms with Crippen LogP contribution in [0.2, 0.25) is 0 Å². The summed E-state index contributed by atoms with van der Waals surface area (Å²) in [6.07, 6.45) is 5.24. The van der Waals surface area contributed by atoms with Crippen molar-refractivity contribution in [1.29, 1.82) is 0 Å². The summed E-state index contributed by atoms with van der Waals surface area (Å²) in [6.45, 7) is 12.8. The molecule has 0 bridgehead atoms. The van der Waals surface area contributed by atoms with Crippen molar-refractivity contribution in [2.24, 2.45) is 10.9 Å². The van der Waals surface area contributed by atoms with Crippen LogP contribution < -0.4 is 0 Å². The zero-order valence-corrected chi connectivity index (χ0v) is 10.4. The molecule has 0 aliphatic rings. The van der Waals surface area contributed by atoms with E-state index >= 15 is 0 Å². The van der Waals surface area contributed by atoms with Crippen molar-refractivity contribution in [3.05, 3.63) is 23.4 Å². The van der Waals surface area contributed by atoms with Crippen molar-refractivity contribution < 1.29 is 0 Å². The first kappa shape index (κ1) is 13.2. The molecule has 0 atom stereocenters. The number of hydrogen-bond acceptors (Lipinski definition) is 1. The fraction of sp³-hybridized carbons (Fsp3) is 0.615. The lowest BCUT2D eigenvalue weighted by atomic mass is 9.99. The molecule has 0 aromatic carbocycles. The van der Waals surface area contributed by atoms with Crippen molar-refractivity contribution in [2.75, 3.05) is 0 Å². The van der Waals surface area contributed by atoms with Gasteiger partial charge in [0.15, 0.2) is 0 Å². The van der Waals surface area contributed by atoms with E-state index in [1.165, 1.54) is 11.3 Å². The Bertz CT molecular complexity index is 254. The average Bonchev–Trinajstić information content (AvgIpc) is 2.14. The topological polar surface area (TPSA) is 12.4 Å². The second-order valence-corrected chi connectivity index (χ2v) is 3.73. The average molecular weight is 193 g/mol. The fourth-order valence-electron chi connectivity index (χ4n) is 1.59. The smallest absolute Gasteiger partial charge is 0.0407 e. The second-order valence-electron chi connectivity index (χ2n) is 3.73.